The van der Waals surface area contributed by atoms with Crippen LogP contribution in [0.2, 0.25) is 0 Å². The van der Waals surface area contributed by atoms with Gasteiger partial charge >= 0.3 is 0 Å². The van der Waals surface area contributed by atoms with Crippen molar-refractivity contribution in [3.8, 4) is 0 Å². The Bertz CT molecular complexity index is 1000. The number of carbonyl (C=O) groups is 2. The minimum Gasteiger partial charge on any atom is -0.273 e. The second kappa shape index (κ2) is 8.55. The van der Waals surface area contributed by atoms with Gasteiger partial charge in [-0.25, -0.2) is 5.01 Å². The van der Waals surface area contributed by atoms with Gasteiger partial charge in [-0.2, -0.15) is 5.10 Å². The normalized spacial score (nSPS) is 18.7. The summed E-state index contributed by atoms with van der Waals surface area (Å²) in [6.45, 7) is 2.00. The van der Waals surface area contributed by atoms with Crippen molar-refractivity contribution in [2.24, 2.45) is 10.1 Å². The molecule has 0 radical (unpaired) electrons. The van der Waals surface area contributed by atoms with Crippen LogP contribution >= 0.6 is 0 Å². The summed E-state index contributed by atoms with van der Waals surface area (Å²) in [4.78, 5) is 30.5. The number of nitrogens with zero attached hydrogens (tertiary/aromatic N) is 4. The number of rotatable bonds is 3. The van der Waals surface area contributed by atoms with E-state index in [1.54, 1.807) is 10.8 Å². The summed E-state index contributed by atoms with van der Waals surface area (Å²) in [7, 11) is 0. The molecule has 0 N–H and O–H groups in total. The Morgan fingerprint density at radius 2 is 1.83 bits per heavy atom. The summed E-state index contributed by atoms with van der Waals surface area (Å²) in [5, 5.41) is 5.74. The predicted octanol–water partition coefficient (Wildman–Crippen LogP) is 3.85. The number of hydrogen-bond acceptors (Lipinski definition) is 4. The highest BCUT2D eigenvalue weighted by atomic mass is 16.2. The topological polar surface area (TPSA) is 67.0 Å². The van der Waals surface area contributed by atoms with E-state index in [2.05, 4.69) is 5.10 Å². The van der Waals surface area contributed by atoms with Crippen LogP contribution in [0.25, 0.3) is 0 Å². The Labute approximate surface area is 170 Å². The largest absolute Gasteiger partial charge is 0.279 e. The molecule has 0 bridgehead atoms. The van der Waals surface area contributed by atoms with E-state index in [1.165, 1.54) is 24.3 Å². The van der Waals surface area contributed by atoms with Crippen molar-refractivity contribution in [2.45, 2.75) is 57.9 Å². The first-order chi connectivity index (χ1) is 14.1. The quantitative estimate of drug-likeness (QED) is 0.799. The lowest BCUT2D eigenvalue weighted by molar-refractivity contribution is -0.118. The molecule has 2 aromatic rings. The van der Waals surface area contributed by atoms with Gasteiger partial charge in [-0.05, 0) is 49.6 Å². The molecule has 1 amide bonds. The SMILES string of the molecule is Cc1ccn(C(=O)C2=NN(c3ccccc3)C(=O)CC2)c(=NC2CCCCC2)c1. The van der Waals surface area contributed by atoms with Crippen LogP contribution in [0, 0.1) is 6.92 Å². The lowest BCUT2D eigenvalue weighted by Crippen LogP contribution is -2.39. The number of anilines is 1. The van der Waals surface area contributed by atoms with Crippen molar-refractivity contribution >= 4 is 23.2 Å². The fourth-order valence-electron chi connectivity index (χ4n) is 3.88. The van der Waals surface area contributed by atoms with Gasteiger partial charge in [0.25, 0.3) is 5.91 Å². The zero-order valence-electron chi connectivity index (χ0n) is 16.8. The summed E-state index contributed by atoms with van der Waals surface area (Å²) < 4.78 is 1.58. The number of para-hydroxylation sites is 1. The highest BCUT2D eigenvalue weighted by Gasteiger charge is 2.26. The molecule has 6 nitrogen and oxygen atoms in total. The molecule has 1 saturated carbocycles. The van der Waals surface area contributed by atoms with E-state index in [0.29, 0.717) is 23.3 Å². The van der Waals surface area contributed by atoms with Crippen molar-refractivity contribution in [1.29, 1.82) is 0 Å². The summed E-state index contributed by atoms with van der Waals surface area (Å²) in [5.74, 6) is -0.318. The van der Waals surface area contributed by atoms with Gasteiger partial charge in [0.2, 0.25) is 5.91 Å². The van der Waals surface area contributed by atoms with Crippen molar-refractivity contribution in [2.75, 3.05) is 5.01 Å². The molecule has 150 valence electrons. The minimum absolute atomic E-state index is 0.103. The van der Waals surface area contributed by atoms with Gasteiger partial charge in [0.05, 0.1) is 11.7 Å². The van der Waals surface area contributed by atoms with E-state index in [4.69, 9.17) is 4.99 Å². The van der Waals surface area contributed by atoms with Crippen LogP contribution in [0.3, 0.4) is 0 Å². The molecule has 0 spiro atoms. The Hall–Kier alpha value is -3.02. The molecule has 1 aromatic heterocycles. The van der Waals surface area contributed by atoms with E-state index in [-0.39, 0.29) is 24.3 Å². The zero-order chi connectivity index (χ0) is 20.2. The third kappa shape index (κ3) is 4.36. The number of hydrazone groups is 1. The van der Waals surface area contributed by atoms with Crippen LogP contribution in [0.5, 0.6) is 0 Å². The molecule has 1 aliphatic carbocycles. The first-order valence-electron chi connectivity index (χ1n) is 10.3. The van der Waals surface area contributed by atoms with Crippen LogP contribution in [0.1, 0.15) is 55.3 Å². The number of hydrogen-bond donors (Lipinski definition) is 0. The van der Waals surface area contributed by atoms with E-state index in [0.717, 1.165) is 18.4 Å². The van der Waals surface area contributed by atoms with Crippen LogP contribution < -0.4 is 10.5 Å². The minimum atomic E-state index is -0.215. The van der Waals surface area contributed by atoms with E-state index >= 15 is 0 Å². The number of aromatic nitrogens is 1. The Morgan fingerprint density at radius 1 is 1.07 bits per heavy atom. The predicted molar refractivity (Wildman–Crippen MR) is 113 cm³/mol. The molecule has 1 aromatic carbocycles. The van der Waals surface area contributed by atoms with Crippen molar-refractivity contribution in [3.05, 3.63) is 59.7 Å². The molecular weight excluding hydrogens is 364 g/mol. The molecular formula is C23H26N4O2. The Morgan fingerprint density at radius 3 is 2.59 bits per heavy atom. The molecule has 2 heterocycles. The van der Waals surface area contributed by atoms with Gasteiger partial charge in [-0.1, -0.05) is 37.5 Å². The maximum atomic E-state index is 13.3. The maximum Gasteiger partial charge on any atom is 0.279 e. The Kier molecular flexibility index (Phi) is 5.69. The van der Waals surface area contributed by atoms with E-state index < -0.39 is 0 Å². The van der Waals surface area contributed by atoms with Gasteiger partial charge in [-0.15, -0.1) is 0 Å². The monoisotopic (exact) mass is 390 g/mol. The standard InChI is InChI=1S/C23H26N4O2/c1-17-14-15-26(21(16-17)24-18-8-4-2-5-9-18)23(29)20-12-13-22(28)27(25-20)19-10-6-3-7-11-19/h3,6-7,10-11,14-16,18H,2,4-5,8-9,12-13H2,1H3. The summed E-state index contributed by atoms with van der Waals surface area (Å²) in [6.07, 6.45) is 8.15. The number of amides is 1. The molecule has 0 unspecified atom stereocenters. The molecule has 2 aliphatic rings. The third-order valence-corrected chi connectivity index (χ3v) is 5.48. The van der Waals surface area contributed by atoms with Gasteiger partial charge < -0.3 is 0 Å². The van der Waals surface area contributed by atoms with Gasteiger partial charge in [0, 0.05) is 19.0 Å². The Balaban J connectivity index is 1.69. The van der Waals surface area contributed by atoms with E-state index in [9.17, 15) is 9.59 Å². The van der Waals surface area contributed by atoms with Crippen molar-refractivity contribution < 1.29 is 9.59 Å². The third-order valence-electron chi connectivity index (χ3n) is 5.48. The molecule has 29 heavy (non-hydrogen) atoms. The fraction of sp³-hybridized carbons (Fsp3) is 0.391. The summed E-state index contributed by atoms with van der Waals surface area (Å²) in [5.41, 5.74) is 2.79. The first-order valence-corrected chi connectivity index (χ1v) is 10.3. The van der Waals surface area contributed by atoms with Crippen molar-refractivity contribution in [3.63, 3.8) is 0 Å². The van der Waals surface area contributed by atoms with Crippen LogP contribution in [0.15, 0.2) is 58.8 Å². The van der Waals surface area contributed by atoms with Crippen LogP contribution in [-0.2, 0) is 4.79 Å². The molecule has 6 heteroatoms. The molecule has 4 rings (SSSR count). The second-order valence-corrected chi connectivity index (χ2v) is 7.75. The lowest BCUT2D eigenvalue weighted by Gasteiger charge is -2.23. The number of carbonyl (C=O) groups excluding carboxylic acids is 2. The van der Waals surface area contributed by atoms with Crippen LogP contribution in [0.4, 0.5) is 5.69 Å². The highest BCUT2D eigenvalue weighted by Crippen LogP contribution is 2.21. The number of aryl methyl sites for hydroxylation is 1. The number of pyridine rings is 1. The zero-order valence-corrected chi connectivity index (χ0v) is 16.8. The van der Waals surface area contributed by atoms with Gasteiger partial charge in [0.15, 0.2) is 0 Å². The average Bonchev–Trinajstić information content (AvgIpc) is 2.75. The molecule has 0 atom stereocenters. The van der Waals surface area contributed by atoms with Crippen LogP contribution in [-0.4, -0.2) is 28.1 Å². The summed E-state index contributed by atoms with van der Waals surface area (Å²) >= 11 is 0. The summed E-state index contributed by atoms with van der Waals surface area (Å²) in [6, 6.07) is 13.3. The lowest BCUT2D eigenvalue weighted by atomic mass is 9.96. The molecule has 1 fully saturated rings. The fourth-order valence-corrected chi connectivity index (χ4v) is 3.88. The molecule has 0 saturated heterocycles. The van der Waals surface area contributed by atoms with Gasteiger partial charge in [-0.3, -0.25) is 19.1 Å². The maximum absolute atomic E-state index is 13.3. The average molecular weight is 390 g/mol. The van der Waals surface area contributed by atoms with Gasteiger partial charge in [0.1, 0.15) is 11.2 Å². The first kappa shape index (κ1) is 19.3. The van der Waals surface area contributed by atoms with Crippen molar-refractivity contribution in [1.82, 2.24) is 4.57 Å². The highest BCUT2D eigenvalue weighted by molar-refractivity contribution is 6.40. The number of benzene rings is 1. The van der Waals surface area contributed by atoms with E-state index in [1.807, 2.05) is 49.4 Å². The smallest absolute Gasteiger partial charge is 0.273 e. The second-order valence-electron chi connectivity index (χ2n) is 7.75. The molecule has 1 aliphatic heterocycles.